The molecule has 6 rings (SSSR count). The Kier molecular flexibility index (Phi) is 23.5. The molecule has 0 unspecified atom stereocenters. The number of carbonyl (C=O) groups is 4. The number of fused-ring (bicyclic) bond motifs is 1. The molecule has 18 atom stereocenters. The number of aliphatic hydroxyl groups excluding tert-OH is 2. The summed E-state index contributed by atoms with van der Waals surface area (Å²) in [6.45, 7) is 23.4. The van der Waals surface area contributed by atoms with Gasteiger partial charge in [0.25, 0.3) is 0 Å². The minimum atomic E-state index is -1.53. The topological polar surface area (TPSA) is 220 Å². The summed E-state index contributed by atoms with van der Waals surface area (Å²) in [7, 11) is 6.60. The quantitative estimate of drug-likeness (QED) is 0.0760. The number of ether oxygens (including phenoxy) is 10. The van der Waals surface area contributed by atoms with Crippen LogP contribution in [0.25, 0.3) is 0 Å². The number of hydrogen-bond donors (Lipinski definition) is 2. The highest BCUT2D eigenvalue weighted by Crippen LogP contribution is 2.44. The van der Waals surface area contributed by atoms with Crippen LogP contribution in [0.1, 0.15) is 144 Å². The van der Waals surface area contributed by atoms with Crippen molar-refractivity contribution in [3.8, 4) is 11.5 Å². The third-order valence-electron chi connectivity index (χ3n) is 17.9. The fraction of sp³-hybridized carbons (Fsp3) is 0.754. The summed E-state index contributed by atoms with van der Waals surface area (Å²) in [5, 5.41) is 24.0. The predicted molar refractivity (Wildman–Crippen MR) is 308 cm³/mol. The number of aliphatic hydroxyl groups is 2. The van der Waals surface area contributed by atoms with Crippen LogP contribution in [-0.2, 0) is 53.9 Å². The molecule has 1 amide bonds. The summed E-state index contributed by atoms with van der Waals surface area (Å²) in [5.41, 5.74) is -2.95. The van der Waals surface area contributed by atoms with Crippen molar-refractivity contribution in [2.45, 2.75) is 219 Å². The van der Waals surface area contributed by atoms with E-state index in [-0.39, 0.29) is 72.6 Å². The molecule has 1 aromatic carbocycles. The third-order valence-corrected chi connectivity index (χ3v) is 18.5. The maximum atomic E-state index is 15.2. The summed E-state index contributed by atoms with van der Waals surface area (Å²) in [5.74, 6) is -3.13. The van der Waals surface area contributed by atoms with Gasteiger partial charge in [0.1, 0.15) is 24.1 Å². The molecular weight excluding hydrogens is 1100 g/mol. The van der Waals surface area contributed by atoms with Gasteiger partial charge in [0.2, 0.25) is 0 Å². The van der Waals surface area contributed by atoms with E-state index in [1.165, 1.54) is 31.5 Å². The Morgan fingerprint density at radius 3 is 2.22 bits per heavy atom. The van der Waals surface area contributed by atoms with Crippen molar-refractivity contribution in [2.75, 3.05) is 48.1 Å². The molecule has 4 saturated heterocycles. The fourth-order valence-corrected chi connectivity index (χ4v) is 13.5. The molecule has 0 bridgehead atoms. The van der Waals surface area contributed by atoms with Gasteiger partial charge < -0.3 is 67.4 Å². The molecule has 21 heteroatoms. The average molecular weight is 1200 g/mol. The summed E-state index contributed by atoms with van der Waals surface area (Å²) >= 11 is 12.7. The molecule has 82 heavy (non-hydrogen) atoms. The molecule has 462 valence electrons. The molecule has 0 radical (unpaired) electrons. The van der Waals surface area contributed by atoms with Crippen molar-refractivity contribution < 1.29 is 76.8 Å². The number of amides is 1. The Morgan fingerprint density at radius 2 is 1.60 bits per heavy atom. The Bertz CT molecular complexity index is 2470. The van der Waals surface area contributed by atoms with Crippen LogP contribution in [-0.4, -0.2) is 181 Å². The number of halogens is 2. The van der Waals surface area contributed by atoms with Crippen LogP contribution >= 0.6 is 23.2 Å². The number of nitrogens with zero attached hydrogens (tertiary/aromatic N) is 3. The van der Waals surface area contributed by atoms with Gasteiger partial charge in [-0.2, -0.15) is 0 Å². The van der Waals surface area contributed by atoms with E-state index in [2.05, 4.69) is 23.7 Å². The second kappa shape index (κ2) is 28.6. The number of carbonyl (C=O) groups excluding carboxylic acids is 4. The number of pyridine rings is 1. The van der Waals surface area contributed by atoms with E-state index in [4.69, 9.17) is 70.6 Å². The van der Waals surface area contributed by atoms with Gasteiger partial charge in [0.05, 0.1) is 71.3 Å². The van der Waals surface area contributed by atoms with Crippen LogP contribution < -0.4 is 9.47 Å². The minimum Gasteiger partial charge on any atom is -0.493 e. The van der Waals surface area contributed by atoms with Gasteiger partial charge in [-0.25, -0.2) is 4.79 Å². The number of esters is 1. The number of likely N-dealkylation sites (N-methyl/N-ethyl adjacent to an activating group) is 1. The lowest BCUT2D eigenvalue weighted by Gasteiger charge is -2.49. The average Bonchev–Trinajstić information content (AvgIpc) is 2.39. The van der Waals surface area contributed by atoms with E-state index < -0.39 is 108 Å². The summed E-state index contributed by atoms with van der Waals surface area (Å²) in [6.07, 6.45) is -3.62. The van der Waals surface area contributed by atoms with Crippen molar-refractivity contribution in [3.63, 3.8) is 0 Å². The first kappa shape index (κ1) is 67.4. The second-order valence-electron chi connectivity index (χ2n) is 24.5. The maximum Gasteiger partial charge on any atom is 0.410 e. The molecule has 4 aliphatic heterocycles. The third kappa shape index (κ3) is 15.1. The first-order valence-electron chi connectivity index (χ1n) is 29.2. The van der Waals surface area contributed by atoms with E-state index in [9.17, 15) is 24.6 Å². The Morgan fingerprint density at radius 1 is 0.927 bits per heavy atom. The highest BCUT2D eigenvalue weighted by molar-refractivity contribution is 6.36. The van der Waals surface area contributed by atoms with Crippen LogP contribution in [0.15, 0.2) is 30.6 Å². The van der Waals surface area contributed by atoms with Crippen LogP contribution in [0.4, 0.5) is 4.79 Å². The van der Waals surface area contributed by atoms with Crippen LogP contribution in [0, 0.1) is 29.6 Å². The molecule has 0 aliphatic carbocycles. The molecule has 2 N–H and O–H groups in total. The molecule has 0 spiro atoms. The zero-order valence-corrected chi connectivity index (χ0v) is 52.6. The maximum absolute atomic E-state index is 15.2. The lowest BCUT2D eigenvalue weighted by Crippen LogP contribution is -2.61. The van der Waals surface area contributed by atoms with Gasteiger partial charge in [-0.3, -0.25) is 19.4 Å². The molecule has 2 aromatic rings. The number of rotatable bonds is 19. The van der Waals surface area contributed by atoms with Gasteiger partial charge in [-0.05, 0) is 111 Å². The molecular formula is C61H93Cl2N3O16. The standard InChI is InChI=1S/C61H93Cl2N3O16/c1-17-48-61(12)53(66(58(72)82-61)24-19-25-76-47-27-40(21-22-46(47)73-14)45(67)28-41-42(62)30-64-31-43(41)63)36(6)50(68)34(4)20-18-23-59(10,74-15)55(81-57-51(69)44(26-35(5)77-57)65(13)32-33(2)3)37(7)52(38(8)56(71)79-48)80-49-29-60(11,75-16)54(70)39(9)78-49/h21-22,27,30-31,33-39,44,48-49,51-55,57,69-70H,17-20,23-26,28-29,32H2,1-16H3/t34-,35-,36+,37+,38-,39+,44+,48-,49+,51-,52+,53-,54+,55-,57+,59-,60-,61-/m1/s1. The number of methoxy groups -OCH3 is 3. The summed E-state index contributed by atoms with van der Waals surface area (Å²) in [6, 6.07) is 3.65. The first-order chi connectivity index (χ1) is 38.6. The van der Waals surface area contributed by atoms with Crippen molar-refractivity contribution >= 4 is 46.8 Å². The van der Waals surface area contributed by atoms with Crippen molar-refractivity contribution in [1.29, 1.82) is 0 Å². The fourth-order valence-electron chi connectivity index (χ4n) is 13.0. The van der Waals surface area contributed by atoms with E-state index >= 15 is 4.79 Å². The lowest BCUT2D eigenvalue weighted by molar-refractivity contribution is -0.319. The smallest absolute Gasteiger partial charge is 0.410 e. The molecule has 0 saturated carbocycles. The van der Waals surface area contributed by atoms with Gasteiger partial charge in [-0.1, -0.05) is 64.7 Å². The first-order valence-corrected chi connectivity index (χ1v) is 30.0. The highest BCUT2D eigenvalue weighted by atomic mass is 35.5. The van der Waals surface area contributed by atoms with Gasteiger partial charge in [0, 0.05) is 87.5 Å². The zero-order chi connectivity index (χ0) is 60.8. The molecule has 19 nitrogen and oxygen atoms in total. The van der Waals surface area contributed by atoms with E-state index in [0.717, 1.165) is 6.54 Å². The van der Waals surface area contributed by atoms with Crippen molar-refractivity contribution in [3.05, 3.63) is 51.8 Å². The number of ketones is 2. The van der Waals surface area contributed by atoms with Crippen LogP contribution in [0.3, 0.4) is 0 Å². The van der Waals surface area contributed by atoms with Gasteiger partial charge in [0.15, 0.2) is 35.5 Å². The minimum absolute atomic E-state index is 0.0703. The summed E-state index contributed by atoms with van der Waals surface area (Å²) < 4.78 is 64.2. The number of benzene rings is 1. The summed E-state index contributed by atoms with van der Waals surface area (Å²) in [4.78, 5) is 65.8. The zero-order valence-electron chi connectivity index (χ0n) is 51.1. The van der Waals surface area contributed by atoms with E-state index in [1.54, 1.807) is 59.9 Å². The number of Topliss-reactive ketones (excluding diaryl/α,β-unsaturated/α-hetero) is 2. The van der Waals surface area contributed by atoms with Gasteiger partial charge in [-0.15, -0.1) is 0 Å². The number of cyclic esters (lactones) is 1. The molecule has 4 fully saturated rings. The van der Waals surface area contributed by atoms with Crippen molar-refractivity contribution in [1.82, 2.24) is 14.8 Å². The monoisotopic (exact) mass is 1190 g/mol. The number of hydrogen-bond acceptors (Lipinski definition) is 18. The second-order valence-corrected chi connectivity index (χ2v) is 25.3. The Labute approximate surface area is 495 Å². The lowest BCUT2D eigenvalue weighted by atomic mass is 9.75. The van der Waals surface area contributed by atoms with E-state index in [1.807, 2.05) is 41.7 Å². The predicted octanol–water partition coefficient (Wildman–Crippen LogP) is 9.32. The molecule has 1 aromatic heterocycles. The van der Waals surface area contributed by atoms with Crippen molar-refractivity contribution in [2.24, 2.45) is 29.6 Å². The number of aromatic nitrogens is 1. The molecule has 4 aliphatic rings. The largest absolute Gasteiger partial charge is 0.493 e. The van der Waals surface area contributed by atoms with Crippen LogP contribution in [0.2, 0.25) is 10.0 Å². The van der Waals surface area contributed by atoms with E-state index in [0.29, 0.717) is 54.2 Å². The Balaban J connectivity index is 1.33. The molecule has 5 heterocycles. The van der Waals surface area contributed by atoms with Crippen LogP contribution in [0.5, 0.6) is 11.5 Å². The highest BCUT2D eigenvalue weighted by Gasteiger charge is 2.60. The Hall–Kier alpha value is -3.73. The van der Waals surface area contributed by atoms with Gasteiger partial charge >= 0.3 is 12.1 Å². The normalized spacial score (nSPS) is 36.2. The SMILES string of the molecule is CC[C@H]1OC(=O)[C@H](C)[C@@H](O[C@H]2C[C@@](C)(OC)[C@@H](O)[C@H](C)O2)[C@H](C)[C@@H](O[C@@H]2O[C@H](C)C[C@H](N(C)CC(C)C)[C@H]2O)[C@](C)(OC)CCC[C@@H](C)C(=O)[C@H](C)[C@H]2N(CCCOc3cc(C(=O)Cc4c(Cl)cncc4Cl)ccc3OC)C(=O)O[C@]12C.